The van der Waals surface area contributed by atoms with Crippen molar-refractivity contribution in [2.24, 2.45) is 0 Å². The highest BCUT2D eigenvalue weighted by Gasteiger charge is 2.15. The van der Waals surface area contributed by atoms with Crippen molar-refractivity contribution < 1.29 is 14.6 Å². The summed E-state index contributed by atoms with van der Waals surface area (Å²) in [6, 6.07) is 17.5. The molecule has 0 aliphatic carbocycles. The van der Waals surface area contributed by atoms with Crippen molar-refractivity contribution in [3.63, 3.8) is 0 Å². The monoisotopic (exact) mass is 369 g/mol. The van der Waals surface area contributed by atoms with Gasteiger partial charge in [0.2, 0.25) is 0 Å². The summed E-state index contributed by atoms with van der Waals surface area (Å²) in [4.78, 5) is 10.8. The van der Waals surface area contributed by atoms with Gasteiger partial charge in [-0.1, -0.05) is 47.7 Å². The van der Waals surface area contributed by atoms with Crippen LogP contribution in [0.1, 0.15) is 17.8 Å². The van der Waals surface area contributed by atoms with Crippen LogP contribution in [0.15, 0.2) is 59.8 Å². The first-order valence-corrected chi connectivity index (χ1v) is 9.16. The zero-order valence-corrected chi connectivity index (χ0v) is 15.1. The van der Waals surface area contributed by atoms with Gasteiger partial charge >= 0.3 is 5.97 Å². The van der Waals surface area contributed by atoms with Crippen LogP contribution in [0.3, 0.4) is 0 Å². The quantitative estimate of drug-likeness (QED) is 0.610. The van der Waals surface area contributed by atoms with Gasteiger partial charge in [-0.25, -0.2) is 0 Å². The molecule has 0 atom stereocenters. The largest absolute Gasteiger partial charge is 0.486 e. The maximum Gasteiger partial charge on any atom is 0.304 e. The number of ether oxygens (including phenoxy) is 1. The predicted octanol–water partition coefficient (Wildman–Crippen LogP) is 3.72. The highest BCUT2D eigenvalue weighted by atomic mass is 32.2. The van der Waals surface area contributed by atoms with Crippen molar-refractivity contribution in [3.8, 4) is 11.4 Å². The lowest BCUT2D eigenvalue weighted by Gasteiger charge is -2.11. The summed E-state index contributed by atoms with van der Waals surface area (Å²) in [5, 5.41) is 18.0. The highest BCUT2D eigenvalue weighted by molar-refractivity contribution is 7.99. The Hall–Kier alpha value is -2.80. The van der Waals surface area contributed by atoms with E-state index in [1.54, 1.807) is 0 Å². The molecule has 0 aliphatic rings. The number of aliphatic carboxylic acids is 1. The van der Waals surface area contributed by atoms with E-state index in [0.29, 0.717) is 16.7 Å². The van der Waals surface area contributed by atoms with E-state index < -0.39 is 5.97 Å². The van der Waals surface area contributed by atoms with Crippen molar-refractivity contribution >= 4 is 17.7 Å². The van der Waals surface area contributed by atoms with Gasteiger partial charge in [0.25, 0.3) is 0 Å². The van der Waals surface area contributed by atoms with Crippen molar-refractivity contribution in [2.45, 2.75) is 25.1 Å². The molecule has 3 aromatic rings. The first kappa shape index (κ1) is 18.0. The molecule has 0 aliphatic heterocycles. The number of carboxylic acid groups (broad SMARTS) is 1. The summed E-state index contributed by atoms with van der Waals surface area (Å²) in [6.07, 6.45) is 0.0709. The molecule has 0 saturated heterocycles. The van der Waals surface area contributed by atoms with Crippen LogP contribution in [0.2, 0.25) is 0 Å². The second-order valence-electron chi connectivity index (χ2n) is 5.66. The number of nitrogens with zero attached hydrogens (tertiary/aromatic N) is 3. The van der Waals surface area contributed by atoms with E-state index in [4.69, 9.17) is 9.84 Å². The molecule has 0 amide bonds. The molecule has 0 fully saturated rings. The summed E-state index contributed by atoms with van der Waals surface area (Å²) >= 11 is 1.37. The van der Waals surface area contributed by atoms with Crippen molar-refractivity contribution in [3.05, 3.63) is 66.0 Å². The zero-order valence-electron chi connectivity index (χ0n) is 14.3. The average Bonchev–Trinajstić information content (AvgIpc) is 3.04. The van der Waals surface area contributed by atoms with Gasteiger partial charge in [0.05, 0.1) is 6.42 Å². The van der Waals surface area contributed by atoms with Gasteiger partial charge in [-0.15, -0.1) is 10.2 Å². The van der Waals surface area contributed by atoms with E-state index in [1.807, 2.05) is 66.1 Å². The number of carboxylic acids is 1. The van der Waals surface area contributed by atoms with Crippen LogP contribution < -0.4 is 4.74 Å². The molecule has 7 heteroatoms. The van der Waals surface area contributed by atoms with E-state index in [-0.39, 0.29) is 13.0 Å². The van der Waals surface area contributed by atoms with Crippen molar-refractivity contribution in [1.82, 2.24) is 14.8 Å². The van der Waals surface area contributed by atoms with Crippen LogP contribution >= 0.6 is 11.8 Å². The van der Waals surface area contributed by atoms with Gasteiger partial charge in [-0.05, 0) is 31.2 Å². The van der Waals surface area contributed by atoms with Crippen LogP contribution in [0, 0.1) is 6.92 Å². The summed E-state index contributed by atoms with van der Waals surface area (Å²) < 4.78 is 7.74. The molecule has 2 aromatic carbocycles. The Kier molecular flexibility index (Phi) is 5.91. The summed E-state index contributed by atoms with van der Waals surface area (Å²) in [6.45, 7) is 2.29. The number of hydrogen-bond acceptors (Lipinski definition) is 5. The summed E-state index contributed by atoms with van der Waals surface area (Å²) in [5.41, 5.74) is 2.08. The minimum absolute atomic E-state index is 0.0709. The van der Waals surface area contributed by atoms with E-state index in [2.05, 4.69) is 10.2 Å². The molecular formula is C19H19N3O3S. The first-order chi connectivity index (χ1) is 12.6. The summed E-state index contributed by atoms with van der Waals surface area (Å²) in [5.74, 6) is 1.03. The molecule has 26 heavy (non-hydrogen) atoms. The molecule has 0 bridgehead atoms. The molecule has 0 spiro atoms. The first-order valence-electron chi connectivity index (χ1n) is 8.17. The normalized spacial score (nSPS) is 10.7. The fourth-order valence-electron chi connectivity index (χ4n) is 2.34. The number of benzene rings is 2. The standard InChI is InChI=1S/C19H19N3O3S/c1-14-7-9-16(10-8-14)25-13-17-20-21-19(26-12-11-18(23)24)22(17)15-5-3-2-4-6-15/h2-10H,11-13H2,1H3,(H,23,24). The van der Waals surface area contributed by atoms with E-state index in [9.17, 15) is 4.79 Å². The Balaban J connectivity index is 1.81. The van der Waals surface area contributed by atoms with Crippen LogP contribution in [-0.2, 0) is 11.4 Å². The second kappa shape index (κ2) is 8.53. The van der Waals surface area contributed by atoms with Crippen LogP contribution in [0.4, 0.5) is 0 Å². The second-order valence-corrected chi connectivity index (χ2v) is 6.73. The predicted molar refractivity (Wildman–Crippen MR) is 99.8 cm³/mol. The minimum atomic E-state index is -0.828. The van der Waals surface area contributed by atoms with Gasteiger partial charge < -0.3 is 9.84 Å². The molecule has 0 radical (unpaired) electrons. The number of aromatic nitrogens is 3. The van der Waals surface area contributed by atoms with Crippen LogP contribution in [0.5, 0.6) is 5.75 Å². The van der Waals surface area contributed by atoms with Gasteiger partial charge in [0.15, 0.2) is 11.0 Å². The Morgan fingerprint density at radius 1 is 1.12 bits per heavy atom. The third-order valence-corrected chi connectivity index (χ3v) is 4.58. The third kappa shape index (κ3) is 4.64. The number of carbonyl (C=O) groups is 1. The highest BCUT2D eigenvalue weighted by Crippen LogP contribution is 2.23. The maximum atomic E-state index is 10.8. The molecule has 1 aromatic heterocycles. The fourth-order valence-corrected chi connectivity index (χ4v) is 3.23. The lowest BCUT2D eigenvalue weighted by molar-refractivity contribution is -0.136. The molecule has 6 nitrogen and oxygen atoms in total. The Labute approximate surface area is 155 Å². The fraction of sp³-hybridized carbons (Fsp3) is 0.211. The van der Waals surface area contributed by atoms with Gasteiger partial charge in [0, 0.05) is 11.4 Å². The molecule has 3 rings (SSSR count). The Morgan fingerprint density at radius 3 is 2.54 bits per heavy atom. The Bertz CT molecular complexity index is 863. The lowest BCUT2D eigenvalue weighted by Crippen LogP contribution is -2.07. The van der Waals surface area contributed by atoms with Crippen molar-refractivity contribution in [2.75, 3.05) is 5.75 Å². The van der Waals surface area contributed by atoms with Crippen LogP contribution in [0.25, 0.3) is 5.69 Å². The summed E-state index contributed by atoms with van der Waals surface area (Å²) in [7, 11) is 0. The number of rotatable bonds is 8. The average molecular weight is 369 g/mol. The number of hydrogen-bond donors (Lipinski definition) is 1. The van der Waals surface area contributed by atoms with E-state index in [1.165, 1.54) is 17.3 Å². The topological polar surface area (TPSA) is 77.2 Å². The molecule has 1 heterocycles. The lowest BCUT2D eigenvalue weighted by atomic mass is 10.2. The number of para-hydroxylation sites is 1. The Morgan fingerprint density at radius 2 is 1.85 bits per heavy atom. The number of thioether (sulfide) groups is 1. The minimum Gasteiger partial charge on any atom is -0.486 e. The van der Waals surface area contributed by atoms with E-state index in [0.717, 1.165) is 11.4 Å². The van der Waals surface area contributed by atoms with Gasteiger partial charge in [-0.2, -0.15) is 0 Å². The molecule has 0 saturated carbocycles. The van der Waals surface area contributed by atoms with Crippen LogP contribution in [-0.4, -0.2) is 31.6 Å². The van der Waals surface area contributed by atoms with Gasteiger partial charge in [0.1, 0.15) is 12.4 Å². The number of aryl methyl sites for hydroxylation is 1. The molecule has 134 valence electrons. The maximum absolute atomic E-state index is 10.8. The van der Waals surface area contributed by atoms with Gasteiger partial charge in [-0.3, -0.25) is 9.36 Å². The SMILES string of the molecule is Cc1ccc(OCc2nnc(SCCC(=O)O)n2-c2ccccc2)cc1. The molecule has 0 unspecified atom stereocenters. The molecular weight excluding hydrogens is 350 g/mol. The smallest absolute Gasteiger partial charge is 0.304 e. The van der Waals surface area contributed by atoms with E-state index >= 15 is 0 Å². The third-order valence-electron chi connectivity index (χ3n) is 3.65. The van der Waals surface area contributed by atoms with Crippen molar-refractivity contribution in [1.29, 1.82) is 0 Å². The zero-order chi connectivity index (χ0) is 18.4. The molecule has 1 N–H and O–H groups in total.